The van der Waals surface area contributed by atoms with E-state index in [0.29, 0.717) is 12.5 Å². The molecular formula is C12H17FN4O2. The van der Waals surface area contributed by atoms with Crippen molar-refractivity contribution in [2.45, 2.75) is 18.9 Å². The molecule has 6 nitrogen and oxygen atoms in total. The van der Waals surface area contributed by atoms with E-state index in [1.807, 2.05) is 6.08 Å². The highest BCUT2D eigenvalue weighted by molar-refractivity contribution is 5.76. The number of halogens is 1. The van der Waals surface area contributed by atoms with Crippen LogP contribution < -0.4 is 5.32 Å². The Kier molecular flexibility index (Phi) is 4.62. The van der Waals surface area contributed by atoms with Gasteiger partial charge in [0, 0.05) is 13.0 Å². The monoisotopic (exact) mass is 268 g/mol. The molecule has 2 atom stereocenters. The van der Waals surface area contributed by atoms with Gasteiger partial charge in [-0.1, -0.05) is 12.2 Å². The summed E-state index contributed by atoms with van der Waals surface area (Å²) in [4.78, 5) is 3.78. The van der Waals surface area contributed by atoms with Crippen molar-refractivity contribution in [3.05, 3.63) is 23.8 Å². The Bertz CT molecular complexity index is 433. The van der Waals surface area contributed by atoms with Crippen molar-refractivity contribution >= 4 is 6.02 Å². The van der Waals surface area contributed by atoms with E-state index in [-0.39, 0.29) is 24.5 Å². The van der Waals surface area contributed by atoms with Crippen LogP contribution >= 0.6 is 0 Å². The van der Waals surface area contributed by atoms with Gasteiger partial charge >= 0.3 is 0 Å². The van der Waals surface area contributed by atoms with Gasteiger partial charge in [-0.25, -0.2) is 9.92 Å². The first kappa shape index (κ1) is 13.7. The Morgan fingerprint density at radius 2 is 2.37 bits per heavy atom. The fourth-order valence-corrected chi connectivity index (χ4v) is 1.97. The first-order valence-electron chi connectivity index (χ1n) is 6.15. The number of methoxy groups -OCH3 is 1. The molecular weight excluding hydrogens is 251 g/mol. The Morgan fingerprint density at radius 1 is 1.53 bits per heavy atom. The smallest absolute Gasteiger partial charge is 0.291 e. The number of nitrogens with one attached hydrogen (secondary N) is 2. The molecule has 0 aromatic rings. The van der Waals surface area contributed by atoms with Gasteiger partial charge < -0.3 is 14.8 Å². The number of nitrogens with zero attached hydrogens (tertiary/aromatic N) is 2. The molecule has 2 N–H and O–H groups in total. The van der Waals surface area contributed by atoms with E-state index in [0.717, 1.165) is 12.8 Å². The molecule has 0 spiro atoms. The van der Waals surface area contributed by atoms with Crippen LogP contribution in [0.3, 0.4) is 0 Å². The Morgan fingerprint density at radius 3 is 3.00 bits per heavy atom. The topological polar surface area (TPSA) is 79.1 Å². The lowest BCUT2D eigenvalue weighted by Crippen LogP contribution is -2.32. The highest BCUT2D eigenvalue weighted by Gasteiger charge is 2.19. The molecule has 1 heterocycles. The zero-order valence-corrected chi connectivity index (χ0v) is 10.7. The predicted molar refractivity (Wildman–Crippen MR) is 67.3 cm³/mol. The summed E-state index contributed by atoms with van der Waals surface area (Å²) in [5.41, 5.74) is 6.80. The molecule has 0 aromatic carbocycles. The lowest BCUT2D eigenvalue weighted by molar-refractivity contribution is 0.116. The summed E-state index contributed by atoms with van der Waals surface area (Å²) in [7, 11) is 1.69. The van der Waals surface area contributed by atoms with Crippen molar-refractivity contribution in [1.82, 2.24) is 5.32 Å². The van der Waals surface area contributed by atoms with Gasteiger partial charge in [-0.3, -0.25) is 0 Å². The van der Waals surface area contributed by atoms with E-state index in [1.54, 1.807) is 7.11 Å². The largest absolute Gasteiger partial charge is 0.464 e. The van der Waals surface area contributed by atoms with Gasteiger partial charge in [0.1, 0.15) is 0 Å². The number of hydrogen-bond donors (Lipinski definition) is 2. The summed E-state index contributed by atoms with van der Waals surface area (Å²) in [6, 6.07) is 0.217. The number of rotatable bonds is 4. The first-order chi connectivity index (χ1) is 9.22. The van der Waals surface area contributed by atoms with Gasteiger partial charge in [0.2, 0.25) is 5.82 Å². The maximum absolute atomic E-state index is 13.1. The second-order valence-corrected chi connectivity index (χ2v) is 4.42. The van der Waals surface area contributed by atoms with Crippen LogP contribution in [-0.4, -0.2) is 32.4 Å². The Labute approximate surface area is 110 Å². The van der Waals surface area contributed by atoms with E-state index in [4.69, 9.17) is 15.0 Å². The predicted octanol–water partition coefficient (Wildman–Crippen LogP) is 2.11. The molecule has 0 fully saturated rings. The van der Waals surface area contributed by atoms with Crippen LogP contribution in [0.5, 0.6) is 0 Å². The van der Waals surface area contributed by atoms with E-state index in [1.165, 1.54) is 0 Å². The second-order valence-electron chi connectivity index (χ2n) is 4.42. The fourth-order valence-electron chi connectivity index (χ4n) is 1.97. The van der Waals surface area contributed by atoms with Crippen LogP contribution in [0.25, 0.3) is 0 Å². The van der Waals surface area contributed by atoms with Gasteiger partial charge in [-0.2, -0.15) is 4.99 Å². The van der Waals surface area contributed by atoms with E-state index >= 15 is 0 Å². The van der Waals surface area contributed by atoms with E-state index < -0.39 is 5.83 Å². The van der Waals surface area contributed by atoms with Crippen molar-refractivity contribution in [1.29, 1.82) is 5.53 Å². The normalized spacial score (nSPS) is 26.7. The fraction of sp³-hybridized carbons (Fsp3) is 0.583. The first-order valence-corrected chi connectivity index (χ1v) is 6.15. The maximum Gasteiger partial charge on any atom is 0.291 e. The Balaban J connectivity index is 1.85. The van der Waals surface area contributed by atoms with Crippen molar-refractivity contribution in [2.75, 3.05) is 20.3 Å². The highest BCUT2D eigenvalue weighted by Crippen LogP contribution is 2.20. The molecule has 0 saturated heterocycles. The highest BCUT2D eigenvalue weighted by atomic mass is 19.1. The zero-order chi connectivity index (χ0) is 13.7. The molecule has 0 amide bonds. The molecule has 19 heavy (non-hydrogen) atoms. The van der Waals surface area contributed by atoms with Gasteiger partial charge in [-0.15, -0.1) is 5.11 Å². The van der Waals surface area contributed by atoms with Crippen molar-refractivity contribution < 1.29 is 13.9 Å². The maximum atomic E-state index is 13.1. The third-order valence-electron chi connectivity index (χ3n) is 3.11. The number of aliphatic imine (C=N–C) groups is 1. The zero-order valence-electron chi connectivity index (χ0n) is 10.7. The minimum Gasteiger partial charge on any atom is -0.464 e. The van der Waals surface area contributed by atoms with Gasteiger partial charge in [0.15, 0.2) is 5.83 Å². The number of hydrogen-bond acceptors (Lipinski definition) is 6. The third-order valence-corrected chi connectivity index (χ3v) is 3.11. The molecule has 1 unspecified atom stereocenters. The second kappa shape index (κ2) is 6.42. The average molecular weight is 268 g/mol. The summed E-state index contributed by atoms with van der Waals surface area (Å²) in [5, 5.41) is 5.71. The summed E-state index contributed by atoms with van der Waals surface area (Å²) in [5.74, 6) is -0.488. The van der Waals surface area contributed by atoms with E-state index in [9.17, 15) is 4.39 Å². The molecule has 7 heteroatoms. The summed E-state index contributed by atoms with van der Waals surface area (Å²) >= 11 is 0. The Hall–Kier alpha value is -1.76. The molecule has 0 bridgehead atoms. The van der Waals surface area contributed by atoms with Crippen LogP contribution in [0, 0.1) is 11.4 Å². The van der Waals surface area contributed by atoms with Crippen LogP contribution in [0.1, 0.15) is 12.8 Å². The summed E-state index contributed by atoms with van der Waals surface area (Å²) in [6.45, 7) is 0.425. The minimum atomic E-state index is -0.553. The standard InChI is InChI=1S/C12H17FN4O2/c1-18-9-4-2-8(3-5-9)7-19-12-15-6-10(13)11(16-12)17-14/h2,4,8-9,14H,3,5-7H2,1H3,(H,15,16)/t8?,9-/m1/s1. The van der Waals surface area contributed by atoms with Crippen LogP contribution in [-0.2, 0) is 9.47 Å². The summed E-state index contributed by atoms with van der Waals surface area (Å²) < 4.78 is 23.8. The minimum absolute atomic E-state index is 0.0389. The molecule has 0 saturated carbocycles. The van der Waals surface area contributed by atoms with Crippen molar-refractivity contribution in [2.24, 2.45) is 16.0 Å². The van der Waals surface area contributed by atoms with Crippen LogP contribution in [0.4, 0.5) is 4.39 Å². The molecule has 104 valence electrons. The van der Waals surface area contributed by atoms with Gasteiger partial charge in [-0.05, 0) is 12.8 Å². The van der Waals surface area contributed by atoms with Crippen LogP contribution in [0.2, 0.25) is 0 Å². The van der Waals surface area contributed by atoms with Gasteiger partial charge in [0.05, 0.1) is 19.3 Å². The SMILES string of the molecule is CO[C@@H]1C=CC(COC2=NC(N=N)=C(F)CN2)CC1. The number of ether oxygens (including phenoxy) is 2. The van der Waals surface area contributed by atoms with Crippen LogP contribution in [0.15, 0.2) is 33.9 Å². The van der Waals surface area contributed by atoms with E-state index in [2.05, 4.69) is 21.5 Å². The van der Waals surface area contributed by atoms with Gasteiger partial charge in [0.25, 0.3) is 6.02 Å². The lowest BCUT2D eigenvalue weighted by atomic mass is 9.95. The van der Waals surface area contributed by atoms with Crippen molar-refractivity contribution in [3.63, 3.8) is 0 Å². The third kappa shape index (κ3) is 3.60. The number of amidine groups is 1. The summed E-state index contributed by atoms with van der Waals surface area (Å²) in [6.07, 6.45) is 6.21. The molecule has 2 aliphatic rings. The molecule has 1 aliphatic carbocycles. The quantitative estimate of drug-likeness (QED) is 0.605. The molecule has 1 aliphatic heterocycles. The lowest BCUT2D eigenvalue weighted by Gasteiger charge is -2.23. The van der Waals surface area contributed by atoms with Crippen molar-refractivity contribution in [3.8, 4) is 0 Å². The molecule has 2 rings (SSSR count). The average Bonchev–Trinajstić information content (AvgIpc) is 2.47. The molecule has 0 radical (unpaired) electrons. The molecule has 0 aromatic heterocycles.